The van der Waals surface area contributed by atoms with Crippen molar-refractivity contribution in [3.8, 4) is 22.0 Å². The molecule has 0 unspecified atom stereocenters. The Kier molecular flexibility index (Phi) is 7.78. The molecule has 14 heteroatoms. The van der Waals surface area contributed by atoms with Crippen molar-refractivity contribution in [2.24, 2.45) is 0 Å². The van der Waals surface area contributed by atoms with Crippen LogP contribution in [0.4, 0.5) is 24.0 Å². The number of aromatic nitrogens is 4. The van der Waals surface area contributed by atoms with Crippen LogP contribution in [-0.4, -0.2) is 56.9 Å². The molecule has 10 nitrogen and oxygen atoms in total. The van der Waals surface area contributed by atoms with E-state index in [1.165, 1.54) is 36.1 Å². The van der Waals surface area contributed by atoms with Crippen LogP contribution in [0.2, 0.25) is 0 Å². The van der Waals surface area contributed by atoms with E-state index in [0.29, 0.717) is 27.0 Å². The van der Waals surface area contributed by atoms with Gasteiger partial charge in [0.25, 0.3) is 5.91 Å². The zero-order valence-electron chi connectivity index (χ0n) is 22.4. The van der Waals surface area contributed by atoms with Gasteiger partial charge in [-0.3, -0.25) is 14.5 Å². The van der Waals surface area contributed by atoms with Crippen molar-refractivity contribution >= 4 is 34.0 Å². The van der Waals surface area contributed by atoms with E-state index in [0.717, 1.165) is 31.1 Å². The summed E-state index contributed by atoms with van der Waals surface area (Å²) in [5.74, 6) is -1.06. The predicted molar refractivity (Wildman–Crippen MR) is 147 cm³/mol. The number of ether oxygens (including phenoxy) is 1. The van der Waals surface area contributed by atoms with Crippen molar-refractivity contribution in [2.45, 2.75) is 33.0 Å². The third-order valence-electron chi connectivity index (χ3n) is 6.53. The summed E-state index contributed by atoms with van der Waals surface area (Å²) >= 11 is 1.24. The van der Waals surface area contributed by atoms with Gasteiger partial charge in [0.1, 0.15) is 11.4 Å². The summed E-state index contributed by atoms with van der Waals surface area (Å²) < 4.78 is 48.4. The average molecular weight is 586 g/mol. The van der Waals surface area contributed by atoms with Crippen LogP contribution < -0.4 is 15.4 Å². The lowest BCUT2D eigenvalue weighted by molar-refractivity contribution is -0.138. The van der Waals surface area contributed by atoms with Crippen LogP contribution in [0.5, 0.6) is 5.75 Å². The third-order valence-corrected chi connectivity index (χ3v) is 7.46. The highest BCUT2D eigenvalue weighted by Gasteiger charge is 2.36. The van der Waals surface area contributed by atoms with Crippen molar-refractivity contribution in [1.29, 1.82) is 0 Å². The predicted octanol–water partition coefficient (Wildman–Crippen LogP) is 5.14. The number of likely N-dealkylation sites (tertiary alicyclic amines) is 1. The molecular formula is C27H26F3N7O3S. The number of aryl methyl sites for hydroxylation is 1. The first-order valence-corrected chi connectivity index (χ1v) is 13.4. The van der Waals surface area contributed by atoms with Crippen LogP contribution in [0.15, 0.2) is 42.7 Å². The number of benzene rings is 2. The van der Waals surface area contributed by atoms with Crippen molar-refractivity contribution in [2.75, 3.05) is 30.8 Å². The monoisotopic (exact) mass is 585 g/mol. The molecule has 0 saturated carbocycles. The Balaban J connectivity index is 1.41. The number of alkyl halides is 3. The Morgan fingerprint density at radius 3 is 2.59 bits per heavy atom. The fourth-order valence-corrected chi connectivity index (χ4v) is 5.22. The minimum atomic E-state index is -4.67. The Hall–Kier alpha value is -4.30. The number of hydrogen-bond acceptors (Lipinski definition) is 8. The standard InChI is InChI=1S/C27H26F3N7O3S/c1-15-5-6-17(10-22(15)37-14-21(34-35-37)23-12-31-26(41-23)32-16(2)38)25(39)33-19-9-18(13-36-7-4-8-36)24(40-3)20(11-19)27(28,29)30/h5-6,9-12,14H,4,7-8,13H2,1-3H3,(H,33,39)(H,31,32,38). The summed E-state index contributed by atoms with van der Waals surface area (Å²) in [5.41, 5.74) is 1.51. The van der Waals surface area contributed by atoms with Gasteiger partial charge in [0, 0.05) is 36.5 Å². The normalized spacial score (nSPS) is 13.5. The van der Waals surface area contributed by atoms with Crippen molar-refractivity contribution in [1.82, 2.24) is 24.9 Å². The van der Waals surface area contributed by atoms with Gasteiger partial charge in [-0.05, 0) is 56.3 Å². The highest BCUT2D eigenvalue weighted by Crippen LogP contribution is 2.41. The lowest BCUT2D eigenvalue weighted by Crippen LogP contribution is -2.36. The molecular weight excluding hydrogens is 559 g/mol. The first-order valence-electron chi connectivity index (χ1n) is 12.6. The van der Waals surface area contributed by atoms with Gasteiger partial charge in [0.15, 0.2) is 5.13 Å². The molecule has 0 bridgehead atoms. The SMILES string of the molecule is COc1c(CN2CCC2)cc(NC(=O)c2ccc(C)c(-n3cc(-c4cnc(NC(C)=O)s4)nn3)c2)cc1C(F)(F)F. The van der Waals surface area contributed by atoms with Crippen LogP contribution in [0, 0.1) is 6.92 Å². The molecule has 2 amide bonds. The Labute approximate surface area is 237 Å². The molecule has 1 aliphatic rings. The summed E-state index contributed by atoms with van der Waals surface area (Å²) in [4.78, 5) is 31.3. The van der Waals surface area contributed by atoms with Gasteiger partial charge < -0.3 is 15.4 Å². The molecule has 0 spiro atoms. The number of thiazole rings is 1. The molecule has 2 N–H and O–H groups in total. The van der Waals surface area contributed by atoms with Crippen LogP contribution in [-0.2, 0) is 17.5 Å². The lowest BCUT2D eigenvalue weighted by Gasteiger charge is -2.31. The van der Waals surface area contributed by atoms with Crippen LogP contribution in [0.1, 0.15) is 40.4 Å². The van der Waals surface area contributed by atoms with E-state index in [1.807, 2.05) is 11.8 Å². The van der Waals surface area contributed by atoms with Gasteiger partial charge in [0.05, 0.1) is 29.4 Å². The Morgan fingerprint density at radius 2 is 1.93 bits per heavy atom. The Bertz CT molecular complexity index is 1610. The van der Waals surface area contributed by atoms with Gasteiger partial charge in [-0.15, -0.1) is 5.10 Å². The molecule has 1 aliphatic heterocycles. The number of nitrogens with zero attached hydrogens (tertiary/aromatic N) is 5. The molecule has 4 aromatic rings. The van der Waals surface area contributed by atoms with E-state index >= 15 is 0 Å². The van der Waals surface area contributed by atoms with Gasteiger partial charge in [-0.1, -0.05) is 22.6 Å². The lowest BCUT2D eigenvalue weighted by atomic mass is 10.0. The van der Waals surface area contributed by atoms with Gasteiger partial charge in [0.2, 0.25) is 5.91 Å². The van der Waals surface area contributed by atoms with E-state index in [4.69, 9.17) is 4.74 Å². The number of amides is 2. The number of carbonyl (C=O) groups excluding carboxylic acids is 2. The van der Waals surface area contributed by atoms with Crippen molar-refractivity contribution < 1.29 is 27.5 Å². The molecule has 214 valence electrons. The maximum atomic E-state index is 13.9. The molecule has 1 fully saturated rings. The minimum absolute atomic E-state index is 0.0176. The smallest absolute Gasteiger partial charge is 0.420 e. The summed E-state index contributed by atoms with van der Waals surface area (Å²) in [6.07, 6.45) is -0.452. The summed E-state index contributed by atoms with van der Waals surface area (Å²) in [6.45, 7) is 5.08. The highest BCUT2D eigenvalue weighted by atomic mass is 32.1. The molecule has 2 aromatic heterocycles. The van der Waals surface area contributed by atoms with E-state index in [1.54, 1.807) is 30.6 Å². The number of methoxy groups -OCH3 is 1. The Morgan fingerprint density at radius 1 is 1.15 bits per heavy atom. The number of rotatable bonds is 8. The molecule has 0 atom stereocenters. The van der Waals surface area contributed by atoms with E-state index in [-0.39, 0.29) is 29.5 Å². The largest absolute Gasteiger partial charge is 0.496 e. The van der Waals surface area contributed by atoms with E-state index in [2.05, 4.69) is 25.9 Å². The zero-order valence-corrected chi connectivity index (χ0v) is 23.2. The molecule has 0 aliphatic carbocycles. The number of hydrogen-bond donors (Lipinski definition) is 2. The first-order chi connectivity index (χ1) is 19.5. The number of halogens is 3. The van der Waals surface area contributed by atoms with Crippen LogP contribution >= 0.6 is 11.3 Å². The second kappa shape index (κ2) is 11.3. The molecule has 2 aromatic carbocycles. The quantitative estimate of drug-likeness (QED) is 0.294. The summed E-state index contributed by atoms with van der Waals surface area (Å²) in [7, 11) is 1.21. The fourth-order valence-electron chi connectivity index (χ4n) is 4.41. The molecule has 0 radical (unpaired) electrons. The van der Waals surface area contributed by atoms with Crippen LogP contribution in [0.25, 0.3) is 16.3 Å². The van der Waals surface area contributed by atoms with E-state index in [9.17, 15) is 22.8 Å². The second-order valence-electron chi connectivity index (χ2n) is 9.56. The molecule has 1 saturated heterocycles. The third kappa shape index (κ3) is 6.23. The summed E-state index contributed by atoms with van der Waals surface area (Å²) in [6, 6.07) is 7.31. The average Bonchev–Trinajstić information content (AvgIpc) is 3.55. The number of anilines is 2. The van der Waals surface area contributed by atoms with Gasteiger partial charge >= 0.3 is 6.18 Å². The maximum Gasteiger partial charge on any atom is 0.420 e. The van der Waals surface area contributed by atoms with Crippen molar-refractivity contribution in [3.63, 3.8) is 0 Å². The minimum Gasteiger partial charge on any atom is -0.496 e. The van der Waals surface area contributed by atoms with Gasteiger partial charge in [-0.25, -0.2) is 9.67 Å². The van der Waals surface area contributed by atoms with Gasteiger partial charge in [-0.2, -0.15) is 13.2 Å². The van der Waals surface area contributed by atoms with Crippen molar-refractivity contribution in [3.05, 3.63) is 65.0 Å². The molecule has 41 heavy (non-hydrogen) atoms. The summed E-state index contributed by atoms with van der Waals surface area (Å²) in [5, 5.41) is 14.0. The molecule has 3 heterocycles. The fraction of sp³-hybridized carbons (Fsp3) is 0.296. The highest BCUT2D eigenvalue weighted by molar-refractivity contribution is 7.19. The number of nitrogens with one attached hydrogen (secondary N) is 2. The maximum absolute atomic E-state index is 13.9. The number of carbonyl (C=O) groups is 2. The second-order valence-corrected chi connectivity index (χ2v) is 10.6. The van der Waals surface area contributed by atoms with E-state index < -0.39 is 17.6 Å². The zero-order chi connectivity index (χ0) is 29.3. The van der Waals surface area contributed by atoms with Crippen LogP contribution in [0.3, 0.4) is 0 Å². The molecule has 5 rings (SSSR count). The topological polar surface area (TPSA) is 114 Å². The first kappa shape index (κ1) is 28.2.